The number of aromatic nitrogens is 1. The lowest BCUT2D eigenvalue weighted by Crippen LogP contribution is -2.25. The predicted molar refractivity (Wildman–Crippen MR) is 85.6 cm³/mol. The van der Waals surface area contributed by atoms with Crippen molar-refractivity contribution in [3.05, 3.63) is 51.5 Å². The molecule has 4 heteroatoms. The van der Waals surface area contributed by atoms with Gasteiger partial charge in [-0.05, 0) is 61.4 Å². The number of nitrogens with zero attached hydrogens (tertiary/aromatic N) is 1. The molecular formula is C17H20N2OS. The summed E-state index contributed by atoms with van der Waals surface area (Å²) >= 11 is 1.66. The Labute approximate surface area is 129 Å². The molecule has 2 aromatic heterocycles. The van der Waals surface area contributed by atoms with E-state index in [4.69, 9.17) is 0 Å². The highest BCUT2D eigenvalue weighted by atomic mass is 32.1. The van der Waals surface area contributed by atoms with Gasteiger partial charge in [-0.3, -0.25) is 9.78 Å². The van der Waals surface area contributed by atoms with Crippen LogP contribution in [0.25, 0.3) is 0 Å². The minimum absolute atomic E-state index is 0.00134. The number of fused-ring (bicyclic) bond motifs is 1. The van der Waals surface area contributed by atoms with E-state index in [1.54, 1.807) is 23.7 Å². The van der Waals surface area contributed by atoms with Gasteiger partial charge in [0.15, 0.2) is 0 Å². The van der Waals surface area contributed by atoms with Gasteiger partial charge in [-0.15, -0.1) is 11.3 Å². The van der Waals surface area contributed by atoms with Crippen molar-refractivity contribution < 1.29 is 4.79 Å². The summed E-state index contributed by atoms with van der Waals surface area (Å²) in [5.74, 6) is 0.769. The Hall–Kier alpha value is -1.68. The summed E-state index contributed by atoms with van der Waals surface area (Å²) in [6, 6.07) is 5.96. The third-order valence-corrected chi connectivity index (χ3v) is 5.34. The van der Waals surface area contributed by atoms with Gasteiger partial charge in [0.1, 0.15) is 0 Å². The molecule has 0 spiro atoms. The van der Waals surface area contributed by atoms with Crippen molar-refractivity contribution in [2.24, 2.45) is 5.92 Å². The van der Waals surface area contributed by atoms with E-state index in [0.29, 0.717) is 0 Å². The molecule has 0 aromatic carbocycles. The molecule has 2 aromatic rings. The summed E-state index contributed by atoms with van der Waals surface area (Å²) in [5, 5.41) is 3.08. The van der Waals surface area contributed by atoms with E-state index in [1.807, 2.05) is 19.1 Å². The second-order valence-electron chi connectivity index (χ2n) is 5.88. The summed E-state index contributed by atoms with van der Waals surface area (Å²) < 4.78 is 0. The second kappa shape index (κ2) is 5.98. The molecule has 1 aliphatic carbocycles. The van der Waals surface area contributed by atoms with Crippen LogP contribution >= 0.6 is 11.3 Å². The molecule has 0 saturated carbocycles. The summed E-state index contributed by atoms with van der Waals surface area (Å²) in [6.45, 7) is 4.29. The van der Waals surface area contributed by atoms with Crippen LogP contribution in [-0.4, -0.2) is 10.9 Å². The highest BCUT2D eigenvalue weighted by Crippen LogP contribution is 2.32. The van der Waals surface area contributed by atoms with E-state index in [1.165, 1.54) is 16.9 Å². The normalized spacial score (nSPS) is 18.9. The molecular weight excluding hydrogens is 280 g/mol. The molecule has 2 heterocycles. The van der Waals surface area contributed by atoms with E-state index in [0.717, 1.165) is 29.2 Å². The standard InChI is InChI=1S/C17H20N2OS/c1-11-3-4-15-14(9-11)10-16(21-15)17(20)19-12(2)13-5-7-18-8-6-13/h5-8,10-12H,3-4,9H2,1-2H3,(H,19,20)/t11-,12-/m0/s1. The maximum absolute atomic E-state index is 12.4. The van der Waals surface area contributed by atoms with Gasteiger partial charge in [0.05, 0.1) is 10.9 Å². The zero-order valence-electron chi connectivity index (χ0n) is 12.4. The van der Waals surface area contributed by atoms with E-state index >= 15 is 0 Å². The number of pyridine rings is 1. The van der Waals surface area contributed by atoms with Crippen LogP contribution in [0.2, 0.25) is 0 Å². The Bertz CT molecular complexity index is 635. The Morgan fingerprint density at radius 3 is 2.95 bits per heavy atom. The summed E-state index contributed by atoms with van der Waals surface area (Å²) in [7, 11) is 0. The molecule has 3 rings (SSSR count). The maximum atomic E-state index is 12.4. The zero-order valence-corrected chi connectivity index (χ0v) is 13.2. The van der Waals surface area contributed by atoms with Crippen molar-refractivity contribution in [2.45, 2.75) is 39.2 Å². The number of hydrogen-bond acceptors (Lipinski definition) is 3. The van der Waals surface area contributed by atoms with E-state index in [-0.39, 0.29) is 11.9 Å². The first-order valence-electron chi connectivity index (χ1n) is 7.46. The molecule has 1 aliphatic rings. The van der Waals surface area contributed by atoms with Gasteiger partial charge in [0.2, 0.25) is 0 Å². The van der Waals surface area contributed by atoms with Gasteiger partial charge in [0, 0.05) is 17.3 Å². The molecule has 1 N–H and O–H groups in total. The summed E-state index contributed by atoms with van der Waals surface area (Å²) in [4.78, 5) is 18.7. The monoisotopic (exact) mass is 300 g/mol. The minimum Gasteiger partial charge on any atom is -0.345 e. The number of hydrogen-bond donors (Lipinski definition) is 1. The molecule has 21 heavy (non-hydrogen) atoms. The first kappa shape index (κ1) is 14.3. The second-order valence-corrected chi connectivity index (χ2v) is 7.02. The first-order chi connectivity index (χ1) is 10.1. The smallest absolute Gasteiger partial charge is 0.261 e. The van der Waals surface area contributed by atoms with Crippen LogP contribution in [0.15, 0.2) is 30.6 Å². The molecule has 0 saturated heterocycles. The number of carbonyl (C=O) groups is 1. The van der Waals surface area contributed by atoms with Crippen LogP contribution in [0, 0.1) is 5.92 Å². The predicted octanol–water partition coefficient (Wildman–Crippen LogP) is 3.76. The van der Waals surface area contributed by atoms with Gasteiger partial charge in [-0.2, -0.15) is 0 Å². The maximum Gasteiger partial charge on any atom is 0.261 e. The van der Waals surface area contributed by atoms with Gasteiger partial charge in [0.25, 0.3) is 5.91 Å². The Morgan fingerprint density at radius 2 is 2.19 bits per heavy atom. The fourth-order valence-electron chi connectivity index (χ4n) is 2.82. The largest absolute Gasteiger partial charge is 0.345 e. The highest BCUT2D eigenvalue weighted by molar-refractivity contribution is 7.14. The molecule has 2 atom stereocenters. The van der Waals surface area contributed by atoms with Crippen LogP contribution in [0.4, 0.5) is 0 Å². The van der Waals surface area contributed by atoms with Crippen molar-refractivity contribution in [1.82, 2.24) is 10.3 Å². The molecule has 110 valence electrons. The third-order valence-electron chi connectivity index (χ3n) is 4.11. The Morgan fingerprint density at radius 1 is 1.43 bits per heavy atom. The topological polar surface area (TPSA) is 42.0 Å². The number of aryl methyl sites for hydroxylation is 1. The SMILES string of the molecule is C[C@H]1CCc2sc(C(=O)N[C@@H](C)c3ccncc3)cc2C1. The van der Waals surface area contributed by atoms with E-state index in [9.17, 15) is 4.79 Å². The molecule has 0 aliphatic heterocycles. The van der Waals surface area contributed by atoms with Crippen molar-refractivity contribution in [3.63, 3.8) is 0 Å². The van der Waals surface area contributed by atoms with Gasteiger partial charge in [-0.25, -0.2) is 0 Å². The Kier molecular flexibility index (Phi) is 4.06. The molecule has 0 radical (unpaired) electrons. The zero-order chi connectivity index (χ0) is 14.8. The summed E-state index contributed by atoms with van der Waals surface area (Å²) in [5.41, 5.74) is 2.45. The van der Waals surface area contributed by atoms with Gasteiger partial charge < -0.3 is 5.32 Å². The lowest BCUT2D eigenvalue weighted by molar-refractivity contribution is 0.0944. The van der Waals surface area contributed by atoms with Gasteiger partial charge >= 0.3 is 0 Å². The third kappa shape index (κ3) is 3.16. The Balaban J connectivity index is 1.71. The first-order valence-corrected chi connectivity index (χ1v) is 8.27. The van der Waals surface area contributed by atoms with Crippen molar-refractivity contribution >= 4 is 17.2 Å². The molecule has 0 fully saturated rings. The average molecular weight is 300 g/mol. The number of rotatable bonds is 3. The number of thiophene rings is 1. The van der Waals surface area contributed by atoms with Crippen LogP contribution in [0.3, 0.4) is 0 Å². The number of amides is 1. The lowest BCUT2D eigenvalue weighted by Gasteiger charge is -2.16. The fraction of sp³-hybridized carbons (Fsp3) is 0.412. The summed E-state index contributed by atoms with van der Waals surface area (Å²) in [6.07, 6.45) is 6.97. The molecule has 3 nitrogen and oxygen atoms in total. The minimum atomic E-state index is -0.00134. The van der Waals surface area contributed by atoms with Crippen molar-refractivity contribution in [1.29, 1.82) is 0 Å². The average Bonchev–Trinajstić information content (AvgIpc) is 2.91. The van der Waals surface area contributed by atoms with Crippen molar-refractivity contribution in [3.8, 4) is 0 Å². The van der Waals surface area contributed by atoms with Crippen LogP contribution in [0.5, 0.6) is 0 Å². The quantitative estimate of drug-likeness (QED) is 0.938. The molecule has 0 bridgehead atoms. The number of nitrogens with one attached hydrogen (secondary N) is 1. The van der Waals surface area contributed by atoms with Crippen LogP contribution in [-0.2, 0) is 12.8 Å². The molecule has 0 unspecified atom stereocenters. The van der Waals surface area contributed by atoms with Crippen LogP contribution in [0.1, 0.15) is 52.0 Å². The van der Waals surface area contributed by atoms with Crippen LogP contribution < -0.4 is 5.32 Å². The highest BCUT2D eigenvalue weighted by Gasteiger charge is 2.21. The number of carbonyl (C=O) groups excluding carboxylic acids is 1. The molecule has 1 amide bonds. The lowest BCUT2D eigenvalue weighted by atomic mass is 9.90. The van der Waals surface area contributed by atoms with E-state index in [2.05, 4.69) is 23.3 Å². The van der Waals surface area contributed by atoms with Gasteiger partial charge in [-0.1, -0.05) is 6.92 Å². The van der Waals surface area contributed by atoms with Crippen molar-refractivity contribution in [2.75, 3.05) is 0 Å². The van der Waals surface area contributed by atoms with E-state index < -0.39 is 0 Å². The fourth-order valence-corrected chi connectivity index (χ4v) is 3.93.